The second-order valence-corrected chi connectivity index (χ2v) is 5.46. The molecule has 1 aliphatic carbocycles. The fraction of sp³-hybridized carbons (Fsp3) is 0.438. The summed E-state index contributed by atoms with van der Waals surface area (Å²) in [7, 11) is 1.89. The second-order valence-electron chi connectivity index (χ2n) is 5.46. The molecule has 0 aromatic carbocycles. The Morgan fingerprint density at radius 3 is 2.71 bits per heavy atom. The fourth-order valence-corrected chi connectivity index (χ4v) is 2.74. The quantitative estimate of drug-likeness (QED) is 0.846. The summed E-state index contributed by atoms with van der Waals surface area (Å²) in [5.74, 6) is 0.567. The SMILES string of the molecule is CCc1ncnc(N(C)C(c2ccccn2)C2CC2)c1F. The zero-order valence-corrected chi connectivity index (χ0v) is 12.3. The lowest BCUT2D eigenvalue weighted by molar-refractivity contribution is 0.538. The second kappa shape index (κ2) is 5.76. The van der Waals surface area contributed by atoms with Gasteiger partial charge in [-0.15, -0.1) is 0 Å². The third kappa shape index (κ3) is 2.73. The van der Waals surface area contributed by atoms with Crippen LogP contribution in [0.25, 0.3) is 0 Å². The van der Waals surface area contributed by atoms with E-state index in [2.05, 4.69) is 15.0 Å². The summed E-state index contributed by atoms with van der Waals surface area (Å²) in [5, 5.41) is 0. The first-order valence-corrected chi connectivity index (χ1v) is 7.35. The Hall–Kier alpha value is -2.04. The molecule has 0 saturated heterocycles. The molecule has 110 valence electrons. The maximum absolute atomic E-state index is 14.5. The Kier molecular flexibility index (Phi) is 3.82. The van der Waals surface area contributed by atoms with Crippen LogP contribution < -0.4 is 4.90 Å². The Morgan fingerprint density at radius 1 is 1.29 bits per heavy atom. The molecule has 0 bridgehead atoms. The molecule has 2 aromatic rings. The van der Waals surface area contributed by atoms with Gasteiger partial charge in [-0.2, -0.15) is 0 Å². The van der Waals surface area contributed by atoms with Gasteiger partial charge in [0.05, 0.1) is 17.4 Å². The van der Waals surface area contributed by atoms with Crippen molar-refractivity contribution in [1.29, 1.82) is 0 Å². The average molecular weight is 286 g/mol. The van der Waals surface area contributed by atoms with E-state index < -0.39 is 0 Å². The molecule has 21 heavy (non-hydrogen) atoms. The first kappa shape index (κ1) is 13.9. The van der Waals surface area contributed by atoms with Crippen molar-refractivity contribution in [2.75, 3.05) is 11.9 Å². The van der Waals surface area contributed by atoms with Crippen molar-refractivity contribution in [1.82, 2.24) is 15.0 Å². The predicted octanol–water partition coefficient (Wildman–Crippen LogP) is 3.16. The molecule has 0 spiro atoms. The minimum Gasteiger partial charge on any atom is -0.348 e. The largest absolute Gasteiger partial charge is 0.348 e. The summed E-state index contributed by atoms with van der Waals surface area (Å²) >= 11 is 0. The third-order valence-electron chi connectivity index (χ3n) is 3.99. The average Bonchev–Trinajstić information content (AvgIpc) is 3.33. The van der Waals surface area contributed by atoms with Crippen LogP contribution in [0.1, 0.15) is 37.2 Å². The number of rotatable bonds is 5. The van der Waals surface area contributed by atoms with Crippen molar-refractivity contribution in [2.45, 2.75) is 32.2 Å². The van der Waals surface area contributed by atoms with Gasteiger partial charge in [-0.3, -0.25) is 4.98 Å². The molecule has 1 fully saturated rings. The van der Waals surface area contributed by atoms with E-state index in [-0.39, 0.29) is 11.9 Å². The lowest BCUT2D eigenvalue weighted by Gasteiger charge is -2.29. The zero-order chi connectivity index (χ0) is 14.8. The first-order chi connectivity index (χ1) is 10.2. The molecule has 0 amide bonds. The number of pyridine rings is 1. The van der Waals surface area contributed by atoms with Gasteiger partial charge < -0.3 is 4.90 Å². The Bertz CT molecular complexity index is 613. The number of hydrogen-bond acceptors (Lipinski definition) is 4. The monoisotopic (exact) mass is 286 g/mol. The summed E-state index contributed by atoms with van der Waals surface area (Å²) in [5.41, 5.74) is 1.43. The van der Waals surface area contributed by atoms with Gasteiger partial charge in [0.1, 0.15) is 6.33 Å². The minimum absolute atomic E-state index is 0.0697. The van der Waals surface area contributed by atoms with Gasteiger partial charge in [-0.05, 0) is 37.3 Å². The van der Waals surface area contributed by atoms with Crippen LogP contribution in [-0.2, 0) is 6.42 Å². The maximum atomic E-state index is 14.5. The minimum atomic E-state index is -0.316. The molecule has 0 N–H and O–H groups in total. The summed E-state index contributed by atoms with van der Waals surface area (Å²) in [6.07, 6.45) is 6.09. The molecule has 1 aliphatic rings. The fourth-order valence-electron chi connectivity index (χ4n) is 2.74. The van der Waals surface area contributed by atoms with E-state index >= 15 is 0 Å². The number of nitrogens with zero attached hydrogens (tertiary/aromatic N) is 4. The van der Waals surface area contributed by atoms with Crippen LogP contribution >= 0.6 is 0 Å². The van der Waals surface area contributed by atoms with Gasteiger partial charge in [-0.25, -0.2) is 14.4 Å². The Morgan fingerprint density at radius 2 is 2.10 bits per heavy atom. The molecule has 0 aliphatic heterocycles. The van der Waals surface area contributed by atoms with Crippen molar-refractivity contribution >= 4 is 5.82 Å². The van der Waals surface area contributed by atoms with E-state index in [0.717, 1.165) is 18.5 Å². The van der Waals surface area contributed by atoms with Crippen molar-refractivity contribution in [3.63, 3.8) is 0 Å². The molecule has 1 unspecified atom stereocenters. The number of halogens is 1. The van der Waals surface area contributed by atoms with Crippen molar-refractivity contribution in [2.24, 2.45) is 5.92 Å². The van der Waals surface area contributed by atoms with Crippen LogP contribution in [0.2, 0.25) is 0 Å². The van der Waals surface area contributed by atoms with Crippen LogP contribution in [0.4, 0.5) is 10.2 Å². The molecular weight excluding hydrogens is 267 g/mol. The van der Waals surface area contributed by atoms with E-state index in [4.69, 9.17) is 0 Å². The lowest BCUT2D eigenvalue weighted by Crippen LogP contribution is -2.28. The van der Waals surface area contributed by atoms with Crippen molar-refractivity contribution in [3.05, 3.63) is 47.9 Å². The van der Waals surface area contributed by atoms with E-state index in [9.17, 15) is 4.39 Å². The van der Waals surface area contributed by atoms with Gasteiger partial charge >= 0.3 is 0 Å². The zero-order valence-electron chi connectivity index (χ0n) is 12.3. The highest BCUT2D eigenvalue weighted by atomic mass is 19.1. The third-order valence-corrected chi connectivity index (χ3v) is 3.99. The lowest BCUT2D eigenvalue weighted by atomic mass is 10.1. The van der Waals surface area contributed by atoms with E-state index in [1.54, 1.807) is 6.20 Å². The predicted molar refractivity (Wildman–Crippen MR) is 79.5 cm³/mol. The Labute approximate surface area is 124 Å². The molecule has 2 heterocycles. The Balaban J connectivity index is 1.97. The number of anilines is 1. The molecule has 1 saturated carbocycles. The molecule has 4 nitrogen and oxygen atoms in total. The van der Waals surface area contributed by atoms with Crippen LogP contribution in [-0.4, -0.2) is 22.0 Å². The molecule has 5 heteroatoms. The summed E-state index contributed by atoms with van der Waals surface area (Å²) in [4.78, 5) is 14.5. The van der Waals surface area contributed by atoms with E-state index in [0.29, 0.717) is 23.9 Å². The van der Waals surface area contributed by atoms with Crippen molar-refractivity contribution in [3.8, 4) is 0 Å². The standard InChI is InChI=1S/C16H19FN4/c1-3-12-14(17)16(20-10-19-12)21(2)15(11-7-8-11)13-6-4-5-9-18-13/h4-6,9-11,15H,3,7-8H2,1-2H3. The van der Waals surface area contributed by atoms with Gasteiger partial charge in [0.25, 0.3) is 0 Å². The van der Waals surface area contributed by atoms with Crippen LogP contribution in [0, 0.1) is 11.7 Å². The van der Waals surface area contributed by atoms with Crippen LogP contribution in [0.5, 0.6) is 0 Å². The van der Waals surface area contributed by atoms with Gasteiger partial charge in [0, 0.05) is 13.2 Å². The highest BCUT2D eigenvalue weighted by Crippen LogP contribution is 2.44. The highest BCUT2D eigenvalue weighted by Gasteiger charge is 2.37. The number of hydrogen-bond donors (Lipinski definition) is 0. The number of aromatic nitrogens is 3. The smallest absolute Gasteiger partial charge is 0.187 e. The van der Waals surface area contributed by atoms with Crippen LogP contribution in [0.3, 0.4) is 0 Å². The molecule has 0 radical (unpaired) electrons. The van der Waals surface area contributed by atoms with Gasteiger partial charge in [-0.1, -0.05) is 13.0 Å². The summed E-state index contributed by atoms with van der Waals surface area (Å²) < 4.78 is 14.5. The molecule has 2 aromatic heterocycles. The van der Waals surface area contributed by atoms with Gasteiger partial charge in [0.2, 0.25) is 0 Å². The first-order valence-electron chi connectivity index (χ1n) is 7.35. The van der Waals surface area contributed by atoms with E-state index in [1.165, 1.54) is 6.33 Å². The van der Waals surface area contributed by atoms with Crippen molar-refractivity contribution < 1.29 is 4.39 Å². The van der Waals surface area contributed by atoms with Gasteiger partial charge in [0.15, 0.2) is 11.6 Å². The highest BCUT2D eigenvalue weighted by molar-refractivity contribution is 5.43. The maximum Gasteiger partial charge on any atom is 0.187 e. The summed E-state index contributed by atoms with van der Waals surface area (Å²) in [6, 6.07) is 5.94. The molecule has 1 atom stereocenters. The topological polar surface area (TPSA) is 41.9 Å². The van der Waals surface area contributed by atoms with E-state index in [1.807, 2.05) is 37.1 Å². The number of aryl methyl sites for hydroxylation is 1. The summed E-state index contributed by atoms with van der Waals surface area (Å²) in [6.45, 7) is 1.90. The van der Waals surface area contributed by atoms with Crippen LogP contribution in [0.15, 0.2) is 30.7 Å². The normalized spacial score (nSPS) is 15.8. The molecule has 3 rings (SSSR count). The molecular formula is C16H19FN4.